The maximum Gasteiger partial charge on any atom is 0.306 e. The Hall–Kier alpha value is -1.96. The molecule has 0 saturated heterocycles. The first-order valence-electron chi connectivity index (χ1n) is 15.2. The smallest absolute Gasteiger partial charge is 0.306 e. The van der Waals surface area contributed by atoms with E-state index >= 15 is 0 Å². The third-order valence-electron chi connectivity index (χ3n) is 6.91. The number of ether oxygens (including phenoxy) is 1. The standard InChI is InChI=1S/C30H55NO7/c1-2-38-24-23-31-28(33)22-21-26(30(36)37)25-27(32)19-17-15-13-11-9-7-5-3-4-6-8-10-12-14-16-18-20-29(34)35/h26H,2-25H2,1H3,(H,31,33)(H,34,35)(H,36,37)/t26-/m1/s1. The zero-order valence-electron chi connectivity index (χ0n) is 24.0. The number of aliphatic carboxylic acids is 2. The largest absolute Gasteiger partial charge is 0.481 e. The van der Waals surface area contributed by atoms with Crippen molar-refractivity contribution in [1.29, 1.82) is 0 Å². The monoisotopic (exact) mass is 541 g/mol. The van der Waals surface area contributed by atoms with Crippen LogP contribution in [0.1, 0.15) is 142 Å². The number of carboxylic acids is 2. The second kappa shape index (κ2) is 26.6. The van der Waals surface area contributed by atoms with E-state index in [1.165, 1.54) is 64.2 Å². The predicted molar refractivity (Wildman–Crippen MR) is 150 cm³/mol. The van der Waals surface area contributed by atoms with Crippen LogP contribution in [0.25, 0.3) is 0 Å². The van der Waals surface area contributed by atoms with Gasteiger partial charge in [-0.25, -0.2) is 0 Å². The van der Waals surface area contributed by atoms with E-state index < -0.39 is 17.9 Å². The highest BCUT2D eigenvalue weighted by atomic mass is 16.5. The van der Waals surface area contributed by atoms with Crippen LogP contribution in [0.5, 0.6) is 0 Å². The van der Waals surface area contributed by atoms with Gasteiger partial charge in [-0.2, -0.15) is 0 Å². The van der Waals surface area contributed by atoms with Crippen LogP contribution in [0.3, 0.4) is 0 Å². The fraction of sp³-hybridized carbons (Fsp3) is 0.867. The first-order chi connectivity index (χ1) is 18.4. The van der Waals surface area contributed by atoms with E-state index in [0.717, 1.165) is 38.5 Å². The summed E-state index contributed by atoms with van der Waals surface area (Å²) in [6.45, 7) is 3.31. The number of unbranched alkanes of at least 4 members (excludes halogenated alkanes) is 15. The third kappa shape index (κ3) is 25.7. The van der Waals surface area contributed by atoms with E-state index in [1.807, 2.05) is 6.92 Å². The molecule has 0 saturated carbocycles. The molecular weight excluding hydrogens is 486 g/mol. The van der Waals surface area contributed by atoms with Crippen molar-refractivity contribution >= 4 is 23.6 Å². The van der Waals surface area contributed by atoms with Crippen LogP contribution in [0, 0.1) is 5.92 Å². The molecule has 8 heteroatoms. The first kappa shape index (κ1) is 36.0. The van der Waals surface area contributed by atoms with Crippen molar-refractivity contribution in [2.45, 2.75) is 142 Å². The Morgan fingerprint density at radius 2 is 1.11 bits per heavy atom. The molecule has 0 aliphatic heterocycles. The van der Waals surface area contributed by atoms with Crippen molar-refractivity contribution in [3.05, 3.63) is 0 Å². The Morgan fingerprint density at radius 3 is 1.53 bits per heavy atom. The molecule has 0 aliphatic carbocycles. The number of nitrogens with one attached hydrogen (secondary N) is 1. The molecule has 222 valence electrons. The summed E-state index contributed by atoms with van der Waals surface area (Å²) < 4.78 is 5.15. The molecule has 0 aliphatic rings. The minimum absolute atomic E-state index is 0.00829. The van der Waals surface area contributed by atoms with Crippen LogP contribution in [-0.4, -0.2) is 53.6 Å². The number of hydrogen-bond acceptors (Lipinski definition) is 5. The lowest BCUT2D eigenvalue weighted by Gasteiger charge is -2.12. The molecule has 0 spiro atoms. The lowest BCUT2D eigenvalue weighted by atomic mass is 9.94. The number of amides is 1. The minimum Gasteiger partial charge on any atom is -0.481 e. The molecule has 0 unspecified atom stereocenters. The Labute approximate surface area is 230 Å². The summed E-state index contributed by atoms with van der Waals surface area (Å²) in [5, 5.41) is 20.7. The van der Waals surface area contributed by atoms with Gasteiger partial charge in [0, 0.05) is 38.8 Å². The van der Waals surface area contributed by atoms with Crippen molar-refractivity contribution < 1.29 is 34.1 Å². The molecule has 1 amide bonds. The summed E-state index contributed by atoms with van der Waals surface area (Å²) in [6, 6.07) is 0. The highest BCUT2D eigenvalue weighted by Gasteiger charge is 2.22. The molecule has 0 radical (unpaired) electrons. The molecule has 3 N–H and O–H groups in total. The van der Waals surface area contributed by atoms with Crippen LogP contribution >= 0.6 is 0 Å². The van der Waals surface area contributed by atoms with E-state index in [9.17, 15) is 24.3 Å². The van der Waals surface area contributed by atoms with Crippen LogP contribution in [0.4, 0.5) is 0 Å². The SMILES string of the molecule is CCOCCNC(=O)CC[C@H](CC(=O)CCCCCCCCCCCCCCCCCCC(=O)O)C(=O)O. The summed E-state index contributed by atoms with van der Waals surface area (Å²) >= 11 is 0. The Kier molecular flexibility index (Phi) is 25.3. The van der Waals surface area contributed by atoms with E-state index in [1.54, 1.807) is 0 Å². The second-order valence-corrected chi connectivity index (χ2v) is 10.4. The molecular formula is C30H55NO7. The fourth-order valence-corrected chi connectivity index (χ4v) is 4.56. The molecule has 0 aromatic heterocycles. The number of rotatable bonds is 29. The zero-order chi connectivity index (χ0) is 28.3. The fourth-order valence-electron chi connectivity index (χ4n) is 4.56. The second-order valence-electron chi connectivity index (χ2n) is 10.4. The average Bonchev–Trinajstić information content (AvgIpc) is 2.88. The van der Waals surface area contributed by atoms with Gasteiger partial charge in [-0.1, -0.05) is 89.9 Å². The van der Waals surface area contributed by atoms with Gasteiger partial charge in [-0.05, 0) is 26.2 Å². The van der Waals surface area contributed by atoms with Gasteiger partial charge in [0.25, 0.3) is 0 Å². The number of Topliss-reactive ketones (excluding diaryl/α,β-unsaturated/α-hetero) is 1. The van der Waals surface area contributed by atoms with Gasteiger partial charge in [-0.15, -0.1) is 0 Å². The van der Waals surface area contributed by atoms with E-state index in [0.29, 0.717) is 32.6 Å². The van der Waals surface area contributed by atoms with Crippen LogP contribution in [0.2, 0.25) is 0 Å². The molecule has 0 bridgehead atoms. The highest BCUT2D eigenvalue weighted by Crippen LogP contribution is 2.17. The average molecular weight is 542 g/mol. The topological polar surface area (TPSA) is 130 Å². The number of carboxylic acid groups (broad SMARTS) is 2. The summed E-state index contributed by atoms with van der Waals surface area (Å²) in [5.74, 6) is -2.72. The molecule has 0 rings (SSSR count). The van der Waals surface area contributed by atoms with Gasteiger partial charge < -0.3 is 20.3 Å². The van der Waals surface area contributed by atoms with Crippen molar-refractivity contribution in [3.8, 4) is 0 Å². The lowest BCUT2D eigenvalue weighted by molar-refractivity contribution is -0.144. The lowest BCUT2D eigenvalue weighted by Crippen LogP contribution is -2.28. The number of carbonyl (C=O) groups excluding carboxylic acids is 2. The van der Waals surface area contributed by atoms with Crippen LogP contribution in [0.15, 0.2) is 0 Å². The molecule has 38 heavy (non-hydrogen) atoms. The molecule has 0 heterocycles. The summed E-state index contributed by atoms with van der Waals surface area (Å²) in [5.41, 5.74) is 0. The predicted octanol–water partition coefficient (Wildman–Crippen LogP) is 6.69. The maximum absolute atomic E-state index is 12.2. The molecule has 0 aromatic carbocycles. The Bertz CT molecular complexity index is 624. The summed E-state index contributed by atoms with van der Waals surface area (Å²) in [4.78, 5) is 46.0. The number of hydrogen-bond donors (Lipinski definition) is 3. The normalized spacial score (nSPS) is 11.8. The van der Waals surface area contributed by atoms with Gasteiger partial charge in [-0.3, -0.25) is 19.2 Å². The van der Waals surface area contributed by atoms with E-state index in [4.69, 9.17) is 9.84 Å². The van der Waals surface area contributed by atoms with Gasteiger partial charge in [0.1, 0.15) is 5.78 Å². The Balaban J connectivity index is 3.55. The van der Waals surface area contributed by atoms with E-state index in [2.05, 4.69) is 5.32 Å². The Morgan fingerprint density at radius 1 is 0.658 bits per heavy atom. The molecule has 0 fully saturated rings. The summed E-state index contributed by atoms with van der Waals surface area (Å²) in [6.07, 6.45) is 19.6. The van der Waals surface area contributed by atoms with Gasteiger partial charge in [0.05, 0.1) is 12.5 Å². The van der Waals surface area contributed by atoms with Gasteiger partial charge in [0.15, 0.2) is 0 Å². The highest BCUT2D eigenvalue weighted by molar-refractivity contribution is 5.84. The van der Waals surface area contributed by atoms with Gasteiger partial charge >= 0.3 is 11.9 Å². The number of ketones is 1. The zero-order valence-corrected chi connectivity index (χ0v) is 24.0. The molecule has 0 aromatic rings. The van der Waals surface area contributed by atoms with Crippen LogP contribution in [-0.2, 0) is 23.9 Å². The van der Waals surface area contributed by atoms with Crippen LogP contribution < -0.4 is 5.32 Å². The minimum atomic E-state index is -1.01. The van der Waals surface area contributed by atoms with Crippen molar-refractivity contribution in [2.75, 3.05) is 19.8 Å². The molecule has 8 nitrogen and oxygen atoms in total. The quantitative estimate of drug-likeness (QED) is 0.0900. The summed E-state index contributed by atoms with van der Waals surface area (Å²) in [7, 11) is 0. The maximum atomic E-state index is 12.2. The van der Waals surface area contributed by atoms with E-state index in [-0.39, 0.29) is 31.0 Å². The van der Waals surface area contributed by atoms with Crippen molar-refractivity contribution in [3.63, 3.8) is 0 Å². The first-order valence-corrected chi connectivity index (χ1v) is 15.2. The third-order valence-corrected chi connectivity index (χ3v) is 6.91. The molecule has 1 atom stereocenters. The number of carbonyl (C=O) groups is 4. The van der Waals surface area contributed by atoms with Crippen molar-refractivity contribution in [1.82, 2.24) is 5.32 Å². The van der Waals surface area contributed by atoms with Crippen molar-refractivity contribution in [2.24, 2.45) is 5.92 Å². The van der Waals surface area contributed by atoms with Gasteiger partial charge in [0.2, 0.25) is 5.91 Å².